The van der Waals surface area contributed by atoms with Crippen LogP contribution in [0.3, 0.4) is 0 Å². The van der Waals surface area contributed by atoms with Crippen molar-refractivity contribution in [2.45, 2.75) is 10.8 Å². The molecule has 0 amide bonds. The van der Waals surface area contributed by atoms with Gasteiger partial charge in [0.05, 0.1) is 16.5 Å². The number of rotatable bonds is 7. The van der Waals surface area contributed by atoms with E-state index >= 15 is 0 Å². The van der Waals surface area contributed by atoms with Crippen LogP contribution in [-0.4, -0.2) is 0 Å². The SMILES string of the molecule is c1ccc(N(c2ccc3oc4cc(C5(c6ccccc6)c6ccccc6-c6ccccc65)ccc4c3c2)c2cccc3c2-c2ccccc2C3(c2ccccc2)c2ccccc2)cc1. The number of para-hydroxylation sites is 1. The van der Waals surface area contributed by atoms with Crippen molar-refractivity contribution in [2.75, 3.05) is 4.90 Å². The summed E-state index contributed by atoms with van der Waals surface area (Å²) in [7, 11) is 0. The summed E-state index contributed by atoms with van der Waals surface area (Å²) in [4.78, 5) is 2.44. The number of anilines is 3. The molecule has 2 aliphatic rings. The van der Waals surface area contributed by atoms with Gasteiger partial charge in [0.15, 0.2) is 0 Å². The minimum Gasteiger partial charge on any atom is -0.456 e. The molecule has 2 nitrogen and oxygen atoms in total. The molecule has 0 saturated heterocycles. The van der Waals surface area contributed by atoms with Crippen LogP contribution >= 0.6 is 0 Å². The van der Waals surface area contributed by atoms with Crippen LogP contribution in [0.2, 0.25) is 0 Å². The molecule has 2 aliphatic carbocycles. The second-order valence-corrected chi connectivity index (χ2v) is 17.1. The second-order valence-electron chi connectivity index (χ2n) is 17.1. The molecule has 0 spiro atoms. The Labute approximate surface area is 373 Å². The molecule has 13 rings (SSSR count). The maximum absolute atomic E-state index is 6.88. The predicted octanol–water partition coefficient (Wildman–Crippen LogP) is 15.8. The number of hydrogen-bond donors (Lipinski definition) is 0. The maximum atomic E-state index is 6.88. The summed E-state index contributed by atoms with van der Waals surface area (Å²) < 4.78 is 6.88. The fourth-order valence-corrected chi connectivity index (χ4v) is 11.5. The minimum atomic E-state index is -0.507. The molecular formula is C62H41NO. The summed E-state index contributed by atoms with van der Waals surface area (Å²) in [6.45, 7) is 0. The molecule has 1 heterocycles. The molecule has 10 aromatic carbocycles. The van der Waals surface area contributed by atoms with Crippen molar-refractivity contribution in [2.24, 2.45) is 0 Å². The number of fused-ring (bicyclic) bond motifs is 9. The van der Waals surface area contributed by atoms with E-state index in [9.17, 15) is 0 Å². The molecule has 64 heavy (non-hydrogen) atoms. The van der Waals surface area contributed by atoms with Crippen LogP contribution < -0.4 is 4.90 Å². The van der Waals surface area contributed by atoms with Crippen molar-refractivity contribution < 1.29 is 4.42 Å². The van der Waals surface area contributed by atoms with Gasteiger partial charge >= 0.3 is 0 Å². The Morgan fingerprint density at radius 2 is 0.781 bits per heavy atom. The van der Waals surface area contributed by atoms with Crippen LogP contribution in [0.15, 0.2) is 253 Å². The van der Waals surface area contributed by atoms with E-state index in [0.29, 0.717) is 0 Å². The summed E-state index contributed by atoms with van der Waals surface area (Å²) in [6.07, 6.45) is 0. The molecule has 0 fully saturated rings. The normalized spacial score (nSPS) is 13.9. The lowest BCUT2D eigenvalue weighted by Gasteiger charge is -2.34. The third-order valence-electron chi connectivity index (χ3n) is 14.0. The number of nitrogens with zero attached hydrogens (tertiary/aromatic N) is 1. The highest BCUT2D eigenvalue weighted by Gasteiger charge is 2.48. The first kappa shape index (κ1) is 36.5. The molecule has 1 aromatic heterocycles. The third kappa shape index (κ3) is 5.02. The first-order chi connectivity index (χ1) is 31.8. The van der Waals surface area contributed by atoms with Gasteiger partial charge in [-0.3, -0.25) is 0 Å². The zero-order valence-electron chi connectivity index (χ0n) is 35.0. The van der Waals surface area contributed by atoms with E-state index in [1.54, 1.807) is 0 Å². The lowest BCUT2D eigenvalue weighted by molar-refractivity contribution is 0.665. The van der Waals surface area contributed by atoms with Gasteiger partial charge in [-0.05, 0) is 104 Å². The fourth-order valence-electron chi connectivity index (χ4n) is 11.5. The highest BCUT2D eigenvalue weighted by Crippen LogP contribution is 2.60. The second kappa shape index (κ2) is 14.2. The highest BCUT2D eigenvalue weighted by molar-refractivity contribution is 6.08. The molecule has 0 unspecified atom stereocenters. The largest absolute Gasteiger partial charge is 0.456 e. The predicted molar refractivity (Wildman–Crippen MR) is 263 cm³/mol. The molecule has 0 aliphatic heterocycles. The van der Waals surface area contributed by atoms with Crippen LogP contribution in [0.1, 0.15) is 44.5 Å². The van der Waals surface area contributed by atoms with Gasteiger partial charge in [0.25, 0.3) is 0 Å². The standard InChI is InChI=1S/C62H41NO/c1-5-20-42(21-6-1)61(43-22-7-2-8-23-43)55-33-18-15-30-51(55)60-56(61)34-19-35-57(60)63(46-26-11-4-12-27-46)47-37-39-58-52(41-47)50-38-36-45(40-59(50)64-58)62(44-24-9-3-10-25-44)53-31-16-13-28-48(53)49-29-14-17-32-54(49)62/h1-41H. The summed E-state index contributed by atoms with van der Waals surface area (Å²) in [5.74, 6) is 0. The van der Waals surface area contributed by atoms with Gasteiger partial charge in [-0.15, -0.1) is 0 Å². The molecule has 0 saturated carbocycles. The Morgan fingerprint density at radius 1 is 0.297 bits per heavy atom. The van der Waals surface area contributed by atoms with Crippen LogP contribution in [0.4, 0.5) is 17.1 Å². The zero-order chi connectivity index (χ0) is 42.2. The Morgan fingerprint density at radius 3 is 1.38 bits per heavy atom. The summed E-state index contributed by atoms with van der Waals surface area (Å²) in [5, 5.41) is 2.17. The van der Waals surface area contributed by atoms with Gasteiger partial charge in [0, 0.05) is 27.7 Å². The van der Waals surface area contributed by atoms with Gasteiger partial charge in [-0.2, -0.15) is 0 Å². The van der Waals surface area contributed by atoms with Crippen molar-refractivity contribution in [3.8, 4) is 22.3 Å². The summed E-state index contributed by atoms with van der Waals surface area (Å²) >= 11 is 0. The van der Waals surface area contributed by atoms with E-state index < -0.39 is 10.8 Å². The maximum Gasteiger partial charge on any atom is 0.135 e. The Hall–Kier alpha value is -8.20. The van der Waals surface area contributed by atoms with Crippen LogP contribution in [-0.2, 0) is 10.8 Å². The Balaban J connectivity index is 1.02. The Kier molecular flexibility index (Phi) is 8.07. The van der Waals surface area contributed by atoms with E-state index in [1.807, 2.05) is 0 Å². The van der Waals surface area contributed by atoms with E-state index in [4.69, 9.17) is 4.42 Å². The molecule has 11 aromatic rings. The lowest BCUT2D eigenvalue weighted by atomic mass is 9.67. The topological polar surface area (TPSA) is 16.4 Å². The molecular weight excluding hydrogens is 775 g/mol. The lowest BCUT2D eigenvalue weighted by Crippen LogP contribution is -2.28. The average molecular weight is 816 g/mol. The third-order valence-corrected chi connectivity index (χ3v) is 14.0. The molecule has 0 radical (unpaired) electrons. The Bertz CT molecular complexity index is 3470. The van der Waals surface area contributed by atoms with E-state index in [2.05, 4.69) is 254 Å². The molecule has 300 valence electrons. The number of hydrogen-bond acceptors (Lipinski definition) is 2. The van der Waals surface area contributed by atoms with Crippen molar-refractivity contribution in [3.63, 3.8) is 0 Å². The molecule has 2 heteroatoms. The van der Waals surface area contributed by atoms with E-state index in [0.717, 1.165) is 39.0 Å². The first-order valence-corrected chi connectivity index (χ1v) is 22.2. The van der Waals surface area contributed by atoms with Gasteiger partial charge in [-0.25, -0.2) is 0 Å². The van der Waals surface area contributed by atoms with Crippen LogP contribution in [0.5, 0.6) is 0 Å². The van der Waals surface area contributed by atoms with Crippen molar-refractivity contribution in [1.82, 2.24) is 0 Å². The molecule has 0 N–H and O–H groups in total. The summed E-state index contributed by atoms with van der Waals surface area (Å²) in [6, 6.07) is 91.1. The average Bonchev–Trinajstić information content (AvgIpc) is 4.00. The zero-order valence-corrected chi connectivity index (χ0v) is 35.0. The number of benzene rings is 10. The van der Waals surface area contributed by atoms with Gasteiger partial charge < -0.3 is 9.32 Å². The van der Waals surface area contributed by atoms with Gasteiger partial charge in [0.1, 0.15) is 11.2 Å². The summed E-state index contributed by atoms with van der Waals surface area (Å²) in [5.41, 5.74) is 19.1. The quantitative estimate of drug-likeness (QED) is 0.159. The smallest absolute Gasteiger partial charge is 0.135 e. The van der Waals surface area contributed by atoms with Crippen molar-refractivity contribution in [3.05, 3.63) is 293 Å². The van der Waals surface area contributed by atoms with Gasteiger partial charge in [0.2, 0.25) is 0 Å². The van der Waals surface area contributed by atoms with Gasteiger partial charge in [-0.1, -0.05) is 206 Å². The number of furan rings is 1. The van der Waals surface area contributed by atoms with E-state index in [-0.39, 0.29) is 0 Å². The highest BCUT2D eigenvalue weighted by atomic mass is 16.3. The van der Waals surface area contributed by atoms with Crippen molar-refractivity contribution in [1.29, 1.82) is 0 Å². The van der Waals surface area contributed by atoms with Crippen LogP contribution in [0.25, 0.3) is 44.2 Å². The van der Waals surface area contributed by atoms with Crippen LogP contribution in [0, 0.1) is 0 Å². The van der Waals surface area contributed by atoms with Crippen molar-refractivity contribution >= 4 is 39.0 Å². The first-order valence-electron chi connectivity index (χ1n) is 22.2. The van der Waals surface area contributed by atoms with E-state index in [1.165, 1.54) is 66.8 Å². The fraction of sp³-hybridized carbons (Fsp3) is 0.0323. The molecule has 0 atom stereocenters. The molecule has 0 bridgehead atoms. The monoisotopic (exact) mass is 815 g/mol. The minimum absolute atomic E-state index is 0.504.